The number of nitrogens with one attached hydrogen (secondary N) is 1. The predicted octanol–water partition coefficient (Wildman–Crippen LogP) is 4.32. The maximum atomic E-state index is 12.7. The quantitative estimate of drug-likeness (QED) is 0.572. The molecule has 1 aromatic heterocycles. The third-order valence-electron chi connectivity index (χ3n) is 4.48. The van der Waals surface area contributed by atoms with E-state index in [1.807, 2.05) is 26.0 Å². The molecule has 0 bridgehead atoms. The minimum absolute atomic E-state index is 0.0302. The van der Waals surface area contributed by atoms with E-state index in [0.29, 0.717) is 23.1 Å². The Kier molecular flexibility index (Phi) is 6.89. The summed E-state index contributed by atoms with van der Waals surface area (Å²) in [7, 11) is 3.06. The van der Waals surface area contributed by atoms with E-state index >= 15 is 0 Å². The highest BCUT2D eigenvalue weighted by Gasteiger charge is 2.15. The van der Waals surface area contributed by atoms with Crippen LogP contribution >= 0.6 is 0 Å². The number of rotatable bonds is 7. The first-order valence-corrected chi connectivity index (χ1v) is 9.12. The lowest BCUT2D eigenvalue weighted by Crippen LogP contribution is -2.14. The second kappa shape index (κ2) is 9.14. The summed E-state index contributed by atoms with van der Waals surface area (Å²) in [5, 5.41) is 12.3. The van der Waals surface area contributed by atoms with E-state index in [9.17, 15) is 10.1 Å². The zero-order chi connectivity index (χ0) is 20.8. The summed E-state index contributed by atoms with van der Waals surface area (Å²) in [6, 6.07) is 9.06. The number of hydrogen-bond acceptors (Lipinski definition) is 4. The Morgan fingerprint density at radius 1 is 1.25 bits per heavy atom. The Bertz CT molecular complexity index is 933. The summed E-state index contributed by atoms with van der Waals surface area (Å²) in [5.74, 6) is 1.09. The molecule has 1 N–H and O–H groups in total. The Hall–Kier alpha value is -3.20. The summed E-state index contributed by atoms with van der Waals surface area (Å²) in [4.78, 5) is 12.7. The van der Waals surface area contributed by atoms with Gasteiger partial charge < -0.3 is 19.4 Å². The lowest BCUT2D eigenvalue weighted by atomic mass is 10.1. The SMILES string of the molecule is COc1ccc(NC(=O)/C(C#N)=C/c2cc(C)n(CC(C)C)c2C)c(OC)c1. The van der Waals surface area contributed by atoms with Crippen molar-refractivity contribution in [2.75, 3.05) is 19.5 Å². The van der Waals surface area contributed by atoms with Crippen LogP contribution in [0, 0.1) is 31.1 Å². The first-order chi connectivity index (χ1) is 13.3. The lowest BCUT2D eigenvalue weighted by Gasteiger charge is -2.12. The number of hydrogen-bond donors (Lipinski definition) is 1. The molecule has 0 spiro atoms. The summed E-state index contributed by atoms with van der Waals surface area (Å²) in [6.45, 7) is 9.24. The second-order valence-electron chi connectivity index (χ2n) is 7.02. The molecule has 1 amide bonds. The third kappa shape index (κ3) is 4.74. The third-order valence-corrected chi connectivity index (χ3v) is 4.48. The van der Waals surface area contributed by atoms with E-state index < -0.39 is 5.91 Å². The lowest BCUT2D eigenvalue weighted by molar-refractivity contribution is -0.112. The average molecular weight is 381 g/mol. The molecule has 0 saturated carbocycles. The van der Waals surface area contributed by atoms with Crippen molar-refractivity contribution >= 4 is 17.7 Å². The smallest absolute Gasteiger partial charge is 0.266 e. The van der Waals surface area contributed by atoms with Crippen molar-refractivity contribution < 1.29 is 14.3 Å². The molecule has 28 heavy (non-hydrogen) atoms. The number of methoxy groups -OCH3 is 2. The van der Waals surface area contributed by atoms with Crippen molar-refractivity contribution in [1.82, 2.24) is 4.57 Å². The van der Waals surface area contributed by atoms with Gasteiger partial charge in [0, 0.05) is 24.0 Å². The molecular weight excluding hydrogens is 354 g/mol. The fourth-order valence-corrected chi connectivity index (χ4v) is 3.02. The van der Waals surface area contributed by atoms with Gasteiger partial charge in [-0.2, -0.15) is 5.26 Å². The number of benzene rings is 1. The summed E-state index contributed by atoms with van der Waals surface area (Å²) in [6.07, 6.45) is 1.63. The number of ether oxygens (including phenoxy) is 2. The molecule has 0 aliphatic heterocycles. The Labute approximate surface area is 166 Å². The van der Waals surface area contributed by atoms with Crippen LogP contribution in [0.25, 0.3) is 6.08 Å². The molecule has 0 unspecified atom stereocenters. The number of anilines is 1. The minimum Gasteiger partial charge on any atom is -0.497 e. The number of carbonyl (C=O) groups excluding carboxylic acids is 1. The molecule has 0 saturated heterocycles. The van der Waals surface area contributed by atoms with Gasteiger partial charge in [-0.15, -0.1) is 0 Å². The number of aromatic nitrogens is 1. The van der Waals surface area contributed by atoms with Crippen molar-refractivity contribution in [1.29, 1.82) is 5.26 Å². The second-order valence-corrected chi connectivity index (χ2v) is 7.02. The maximum Gasteiger partial charge on any atom is 0.266 e. The maximum absolute atomic E-state index is 12.7. The largest absolute Gasteiger partial charge is 0.497 e. The van der Waals surface area contributed by atoms with Gasteiger partial charge in [0.2, 0.25) is 0 Å². The number of aryl methyl sites for hydroxylation is 1. The van der Waals surface area contributed by atoms with Gasteiger partial charge in [0.15, 0.2) is 0 Å². The van der Waals surface area contributed by atoms with E-state index in [1.165, 1.54) is 7.11 Å². The molecule has 6 nitrogen and oxygen atoms in total. The summed E-state index contributed by atoms with van der Waals surface area (Å²) >= 11 is 0. The van der Waals surface area contributed by atoms with Gasteiger partial charge in [0.25, 0.3) is 5.91 Å². The van der Waals surface area contributed by atoms with Crippen molar-refractivity contribution in [2.45, 2.75) is 34.2 Å². The van der Waals surface area contributed by atoms with E-state index in [2.05, 4.69) is 23.7 Å². The van der Waals surface area contributed by atoms with Gasteiger partial charge in [-0.3, -0.25) is 4.79 Å². The standard InChI is InChI=1S/C22H27N3O3/c1-14(2)13-25-15(3)9-17(16(25)4)10-18(12-23)22(26)24-20-8-7-19(27-5)11-21(20)28-6/h7-11,14H,13H2,1-6H3,(H,24,26)/b18-10+. The molecule has 0 fully saturated rings. The van der Waals surface area contributed by atoms with Crippen molar-refractivity contribution in [2.24, 2.45) is 5.92 Å². The number of nitriles is 1. The van der Waals surface area contributed by atoms with Crippen LogP contribution in [-0.2, 0) is 11.3 Å². The fraction of sp³-hybridized carbons (Fsp3) is 0.364. The Morgan fingerprint density at radius 2 is 1.96 bits per heavy atom. The summed E-state index contributed by atoms with van der Waals surface area (Å²) in [5.41, 5.74) is 3.51. The van der Waals surface area contributed by atoms with Gasteiger partial charge in [0.05, 0.1) is 19.9 Å². The van der Waals surface area contributed by atoms with Crippen LogP contribution in [0.2, 0.25) is 0 Å². The monoisotopic (exact) mass is 381 g/mol. The van der Waals surface area contributed by atoms with Crippen LogP contribution in [0.5, 0.6) is 11.5 Å². The van der Waals surface area contributed by atoms with Crippen LogP contribution in [0.4, 0.5) is 5.69 Å². The van der Waals surface area contributed by atoms with E-state index in [1.54, 1.807) is 31.4 Å². The number of nitrogens with zero attached hydrogens (tertiary/aromatic N) is 2. The van der Waals surface area contributed by atoms with E-state index in [0.717, 1.165) is 23.5 Å². The molecular formula is C22H27N3O3. The molecule has 0 aliphatic carbocycles. The molecule has 0 radical (unpaired) electrons. The first-order valence-electron chi connectivity index (χ1n) is 9.12. The van der Waals surface area contributed by atoms with E-state index in [-0.39, 0.29) is 5.57 Å². The van der Waals surface area contributed by atoms with Gasteiger partial charge in [0.1, 0.15) is 23.1 Å². The Morgan fingerprint density at radius 3 is 2.54 bits per heavy atom. The normalized spacial score (nSPS) is 11.3. The predicted molar refractivity (Wildman–Crippen MR) is 111 cm³/mol. The average Bonchev–Trinajstić information content (AvgIpc) is 2.93. The minimum atomic E-state index is -0.486. The highest BCUT2D eigenvalue weighted by Crippen LogP contribution is 2.29. The van der Waals surface area contributed by atoms with E-state index in [4.69, 9.17) is 9.47 Å². The molecule has 1 aromatic carbocycles. The molecule has 0 aliphatic rings. The van der Waals surface area contributed by atoms with Crippen LogP contribution < -0.4 is 14.8 Å². The highest BCUT2D eigenvalue weighted by atomic mass is 16.5. The number of amides is 1. The van der Waals surface area contributed by atoms with Gasteiger partial charge in [-0.1, -0.05) is 13.8 Å². The molecule has 0 atom stereocenters. The fourth-order valence-electron chi connectivity index (χ4n) is 3.02. The molecule has 148 valence electrons. The van der Waals surface area contributed by atoms with Crippen molar-refractivity contribution in [3.63, 3.8) is 0 Å². The molecule has 2 aromatic rings. The van der Waals surface area contributed by atoms with Crippen molar-refractivity contribution in [3.05, 3.63) is 46.8 Å². The first kappa shape index (κ1) is 21.1. The van der Waals surface area contributed by atoms with Gasteiger partial charge in [-0.05, 0) is 49.6 Å². The summed E-state index contributed by atoms with van der Waals surface area (Å²) < 4.78 is 12.7. The Balaban J connectivity index is 2.31. The van der Waals surface area contributed by atoms with Crippen LogP contribution in [0.15, 0.2) is 29.8 Å². The zero-order valence-electron chi connectivity index (χ0n) is 17.3. The van der Waals surface area contributed by atoms with Gasteiger partial charge in [-0.25, -0.2) is 0 Å². The molecule has 1 heterocycles. The molecule has 2 rings (SSSR count). The van der Waals surface area contributed by atoms with Gasteiger partial charge >= 0.3 is 0 Å². The van der Waals surface area contributed by atoms with Crippen LogP contribution in [0.3, 0.4) is 0 Å². The van der Waals surface area contributed by atoms with Crippen LogP contribution in [-0.4, -0.2) is 24.7 Å². The number of carbonyl (C=O) groups is 1. The topological polar surface area (TPSA) is 76.3 Å². The van der Waals surface area contributed by atoms with Crippen LogP contribution in [0.1, 0.15) is 30.8 Å². The highest BCUT2D eigenvalue weighted by molar-refractivity contribution is 6.10. The van der Waals surface area contributed by atoms with Crippen molar-refractivity contribution in [3.8, 4) is 17.6 Å². The molecule has 6 heteroatoms. The zero-order valence-corrected chi connectivity index (χ0v) is 17.3.